The highest BCUT2D eigenvalue weighted by Gasteiger charge is 2.11. The van der Waals surface area contributed by atoms with Crippen LogP contribution >= 0.6 is 11.3 Å². The fourth-order valence-corrected chi connectivity index (χ4v) is 2.42. The summed E-state index contributed by atoms with van der Waals surface area (Å²) in [4.78, 5) is 25.7. The zero-order valence-electron chi connectivity index (χ0n) is 11.0. The molecular weight excluding hydrogens is 280 g/mol. The average molecular weight is 296 g/mol. The summed E-state index contributed by atoms with van der Waals surface area (Å²) in [6, 6.07) is 1.95. The maximum absolute atomic E-state index is 11.8. The van der Waals surface area contributed by atoms with Crippen LogP contribution in [0.5, 0.6) is 0 Å². The third kappa shape index (κ3) is 3.09. The van der Waals surface area contributed by atoms with Crippen LogP contribution in [0.2, 0.25) is 0 Å². The Balaban J connectivity index is 2.27. The molecule has 0 aliphatic heterocycles. The molecule has 20 heavy (non-hydrogen) atoms. The van der Waals surface area contributed by atoms with E-state index in [1.807, 2.05) is 16.8 Å². The number of H-pyrrole nitrogens is 1. The van der Waals surface area contributed by atoms with Crippen molar-refractivity contribution in [3.8, 4) is 0 Å². The van der Waals surface area contributed by atoms with Gasteiger partial charge in [-0.1, -0.05) is 0 Å². The Morgan fingerprint density at radius 1 is 1.50 bits per heavy atom. The molecule has 0 saturated heterocycles. The van der Waals surface area contributed by atoms with Gasteiger partial charge in [-0.2, -0.15) is 11.3 Å². The number of rotatable bonds is 6. The van der Waals surface area contributed by atoms with Crippen molar-refractivity contribution in [1.29, 1.82) is 0 Å². The van der Waals surface area contributed by atoms with E-state index in [9.17, 15) is 9.59 Å². The molecule has 0 spiro atoms. The van der Waals surface area contributed by atoms with Gasteiger partial charge < -0.3 is 15.8 Å². The lowest BCUT2D eigenvalue weighted by atomic mass is 10.3. The van der Waals surface area contributed by atoms with Crippen molar-refractivity contribution in [1.82, 2.24) is 9.55 Å². The number of thiophene rings is 1. The van der Waals surface area contributed by atoms with Gasteiger partial charge >= 0.3 is 5.69 Å². The first-order chi connectivity index (χ1) is 9.63. The van der Waals surface area contributed by atoms with E-state index in [2.05, 4.69) is 10.3 Å². The summed E-state index contributed by atoms with van der Waals surface area (Å²) in [7, 11) is 1.53. The van der Waals surface area contributed by atoms with Crippen LogP contribution in [0.1, 0.15) is 5.56 Å². The van der Waals surface area contributed by atoms with Crippen molar-refractivity contribution in [2.24, 2.45) is 0 Å². The first-order valence-electron chi connectivity index (χ1n) is 6.00. The Kier molecular flexibility index (Phi) is 4.59. The standard InChI is InChI=1S/C12H16N4O3S/c1-19-4-3-16-10(13)9(11(17)15-12(16)18)14-6-8-2-5-20-7-8/h2,5,7,14H,3-4,6,13H2,1H3,(H,15,17,18). The highest BCUT2D eigenvalue weighted by Crippen LogP contribution is 2.13. The smallest absolute Gasteiger partial charge is 0.330 e. The van der Waals surface area contributed by atoms with E-state index < -0.39 is 11.2 Å². The molecule has 7 nitrogen and oxygen atoms in total. The van der Waals surface area contributed by atoms with Crippen molar-refractivity contribution in [3.63, 3.8) is 0 Å². The van der Waals surface area contributed by atoms with E-state index in [1.165, 1.54) is 11.7 Å². The van der Waals surface area contributed by atoms with Gasteiger partial charge in [0, 0.05) is 13.7 Å². The Morgan fingerprint density at radius 2 is 2.30 bits per heavy atom. The second-order valence-corrected chi connectivity index (χ2v) is 4.93. The molecule has 0 amide bonds. The molecule has 2 aromatic heterocycles. The number of nitrogens with two attached hydrogens (primary N) is 1. The van der Waals surface area contributed by atoms with E-state index in [1.54, 1.807) is 11.3 Å². The van der Waals surface area contributed by atoms with Gasteiger partial charge in [0.15, 0.2) is 0 Å². The van der Waals surface area contributed by atoms with Crippen molar-refractivity contribution in [2.45, 2.75) is 13.1 Å². The Labute approximate surface area is 119 Å². The number of anilines is 2. The molecule has 2 rings (SSSR count). The summed E-state index contributed by atoms with van der Waals surface area (Å²) in [5.41, 5.74) is 6.08. The SMILES string of the molecule is COCCn1c(N)c(NCc2ccsc2)c(=O)[nH]c1=O. The van der Waals surface area contributed by atoms with Crippen LogP contribution in [-0.4, -0.2) is 23.3 Å². The van der Waals surface area contributed by atoms with Crippen LogP contribution in [0.25, 0.3) is 0 Å². The normalized spacial score (nSPS) is 10.7. The molecule has 4 N–H and O–H groups in total. The number of nitrogens with zero attached hydrogens (tertiary/aromatic N) is 1. The van der Waals surface area contributed by atoms with Crippen LogP contribution < -0.4 is 22.3 Å². The number of aromatic nitrogens is 2. The van der Waals surface area contributed by atoms with Crippen LogP contribution in [0.15, 0.2) is 26.4 Å². The lowest BCUT2D eigenvalue weighted by Crippen LogP contribution is -2.34. The maximum Gasteiger partial charge on any atom is 0.330 e. The van der Waals surface area contributed by atoms with Gasteiger partial charge in [-0.25, -0.2) is 4.79 Å². The molecule has 0 radical (unpaired) electrons. The summed E-state index contributed by atoms with van der Waals surface area (Å²) in [6.45, 7) is 1.09. The predicted octanol–water partition coefficient (Wildman–Crippen LogP) is 0.439. The van der Waals surface area contributed by atoms with Gasteiger partial charge in [0.1, 0.15) is 11.5 Å². The number of nitrogen functional groups attached to an aromatic ring is 1. The third-order valence-corrected chi connectivity index (χ3v) is 3.54. The molecule has 0 unspecified atom stereocenters. The minimum Gasteiger partial charge on any atom is -0.383 e. The quantitative estimate of drug-likeness (QED) is 0.718. The summed E-state index contributed by atoms with van der Waals surface area (Å²) in [5, 5.41) is 6.88. The minimum atomic E-state index is -0.536. The van der Waals surface area contributed by atoms with E-state index in [4.69, 9.17) is 10.5 Å². The van der Waals surface area contributed by atoms with Crippen molar-refractivity contribution >= 4 is 22.8 Å². The van der Waals surface area contributed by atoms with Crippen LogP contribution in [0, 0.1) is 0 Å². The Hall–Kier alpha value is -2.06. The average Bonchev–Trinajstić information content (AvgIpc) is 2.91. The van der Waals surface area contributed by atoms with Crippen molar-refractivity contribution in [2.75, 3.05) is 24.8 Å². The van der Waals surface area contributed by atoms with E-state index in [0.29, 0.717) is 13.2 Å². The number of ether oxygens (including phenoxy) is 1. The van der Waals surface area contributed by atoms with E-state index >= 15 is 0 Å². The molecule has 0 atom stereocenters. The maximum atomic E-state index is 11.8. The van der Waals surface area contributed by atoms with Crippen LogP contribution in [0.3, 0.4) is 0 Å². The molecule has 0 fully saturated rings. The molecule has 2 aromatic rings. The molecule has 108 valence electrons. The van der Waals surface area contributed by atoms with Gasteiger partial charge in [-0.3, -0.25) is 14.3 Å². The summed E-state index contributed by atoms with van der Waals surface area (Å²) in [5.74, 6) is 0.117. The first kappa shape index (κ1) is 14.4. The summed E-state index contributed by atoms with van der Waals surface area (Å²) in [6.07, 6.45) is 0. The fraction of sp³-hybridized carbons (Fsp3) is 0.333. The number of methoxy groups -OCH3 is 1. The predicted molar refractivity (Wildman–Crippen MR) is 79.3 cm³/mol. The Bertz CT molecular complexity index is 675. The number of aromatic amines is 1. The third-order valence-electron chi connectivity index (χ3n) is 2.81. The zero-order valence-corrected chi connectivity index (χ0v) is 11.8. The lowest BCUT2D eigenvalue weighted by molar-refractivity contribution is 0.186. The fourth-order valence-electron chi connectivity index (χ4n) is 1.75. The molecule has 0 saturated carbocycles. The molecule has 2 heterocycles. The summed E-state index contributed by atoms with van der Waals surface area (Å²) < 4.78 is 6.20. The zero-order chi connectivity index (χ0) is 14.5. The van der Waals surface area contributed by atoms with Gasteiger partial charge in [0.2, 0.25) is 0 Å². The van der Waals surface area contributed by atoms with E-state index in [0.717, 1.165) is 5.56 Å². The van der Waals surface area contributed by atoms with Gasteiger partial charge in [0.25, 0.3) is 5.56 Å². The second kappa shape index (κ2) is 6.40. The van der Waals surface area contributed by atoms with Gasteiger partial charge in [0.05, 0.1) is 13.2 Å². The molecule has 0 aliphatic rings. The van der Waals surface area contributed by atoms with Crippen LogP contribution in [-0.2, 0) is 17.8 Å². The van der Waals surface area contributed by atoms with Gasteiger partial charge in [-0.15, -0.1) is 0 Å². The lowest BCUT2D eigenvalue weighted by Gasteiger charge is -2.13. The Morgan fingerprint density at radius 3 is 2.95 bits per heavy atom. The number of hydrogen-bond acceptors (Lipinski definition) is 6. The van der Waals surface area contributed by atoms with Crippen LogP contribution in [0.4, 0.5) is 11.5 Å². The first-order valence-corrected chi connectivity index (χ1v) is 6.94. The van der Waals surface area contributed by atoms with Crippen molar-refractivity contribution in [3.05, 3.63) is 43.2 Å². The minimum absolute atomic E-state index is 0.117. The number of nitrogens with one attached hydrogen (secondary N) is 2. The topological polar surface area (TPSA) is 102 Å². The highest BCUT2D eigenvalue weighted by atomic mass is 32.1. The van der Waals surface area contributed by atoms with E-state index in [-0.39, 0.29) is 18.1 Å². The molecular formula is C12H16N4O3S. The molecule has 0 aliphatic carbocycles. The number of hydrogen-bond donors (Lipinski definition) is 3. The molecule has 8 heteroatoms. The second-order valence-electron chi connectivity index (χ2n) is 4.15. The summed E-state index contributed by atoms with van der Waals surface area (Å²) >= 11 is 1.57. The largest absolute Gasteiger partial charge is 0.383 e. The highest BCUT2D eigenvalue weighted by molar-refractivity contribution is 7.07. The monoisotopic (exact) mass is 296 g/mol. The van der Waals surface area contributed by atoms with Crippen molar-refractivity contribution < 1.29 is 4.74 Å². The molecule has 0 bridgehead atoms. The molecule has 0 aromatic carbocycles. The van der Waals surface area contributed by atoms with Gasteiger partial charge in [-0.05, 0) is 22.4 Å².